The van der Waals surface area contributed by atoms with Crippen molar-refractivity contribution in [2.45, 2.75) is 6.43 Å². The first-order valence-electron chi connectivity index (χ1n) is 3.60. The molecule has 0 radical (unpaired) electrons. The maximum atomic E-state index is 12.3. The molecule has 0 aliphatic carbocycles. The highest BCUT2D eigenvalue weighted by atomic mass is 79.9. The molecule has 0 amide bonds. The first-order valence-corrected chi connectivity index (χ1v) is 4.39. The van der Waals surface area contributed by atoms with Crippen molar-refractivity contribution >= 4 is 26.8 Å². The Morgan fingerprint density at radius 1 is 1.38 bits per heavy atom. The van der Waals surface area contributed by atoms with Gasteiger partial charge in [-0.15, -0.1) is 0 Å². The molecule has 2 aromatic rings. The lowest BCUT2D eigenvalue weighted by Gasteiger charge is -1.97. The van der Waals surface area contributed by atoms with Crippen LogP contribution in [-0.2, 0) is 0 Å². The highest BCUT2D eigenvalue weighted by Crippen LogP contribution is 2.26. The Balaban J connectivity index is 2.66. The molecule has 68 valence electrons. The summed E-state index contributed by atoms with van der Waals surface area (Å²) in [5.41, 5.74) is 0.686. The molecule has 0 bridgehead atoms. The van der Waals surface area contributed by atoms with Crippen molar-refractivity contribution in [3.63, 3.8) is 0 Å². The number of H-pyrrole nitrogens is 1. The van der Waals surface area contributed by atoms with Crippen LogP contribution in [0.25, 0.3) is 10.9 Å². The second kappa shape index (κ2) is 3.06. The summed E-state index contributed by atoms with van der Waals surface area (Å²) in [5, 5.41) is 7.24. The molecule has 13 heavy (non-hydrogen) atoms. The minimum atomic E-state index is -2.44. The molecule has 1 aromatic carbocycles. The molecular formula is C8H5BrF2N2. The number of alkyl halides is 2. The van der Waals surface area contributed by atoms with Gasteiger partial charge < -0.3 is 0 Å². The topological polar surface area (TPSA) is 28.7 Å². The van der Waals surface area contributed by atoms with Gasteiger partial charge in [0, 0.05) is 10.9 Å². The van der Waals surface area contributed by atoms with E-state index in [1.165, 1.54) is 12.1 Å². The van der Waals surface area contributed by atoms with E-state index in [0.717, 1.165) is 0 Å². The monoisotopic (exact) mass is 246 g/mol. The Labute approximate surface area is 81.1 Å². The molecule has 0 saturated heterocycles. The number of aromatic amines is 1. The SMILES string of the molecule is FC(F)c1ccc2n[nH]c(Br)c2c1. The fourth-order valence-electron chi connectivity index (χ4n) is 1.13. The second-order valence-electron chi connectivity index (χ2n) is 2.61. The molecule has 0 aliphatic heterocycles. The Morgan fingerprint density at radius 2 is 2.15 bits per heavy atom. The Bertz CT molecular complexity index is 439. The van der Waals surface area contributed by atoms with Crippen LogP contribution in [0, 0.1) is 0 Å². The van der Waals surface area contributed by atoms with Gasteiger partial charge in [-0.05, 0) is 28.1 Å². The van der Waals surface area contributed by atoms with E-state index in [-0.39, 0.29) is 5.56 Å². The third-order valence-corrected chi connectivity index (χ3v) is 2.39. The summed E-state index contributed by atoms with van der Waals surface area (Å²) in [4.78, 5) is 0. The molecule has 0 unspecified atom stereocenters. The van der Waals surface area contributed by atoms with Gasteiger partial charge in [-0.3, -0.25) is 5.10 Å². The number of nitrogens with zero attached hydrogens (tertiary/aromatic N) is 1. The predicted octanol–water partition coefficient (Wildman–Crippen LogP) is 3.26. The summed E-state index contributed by atoms with van der Waals surface area (Å²) in [5.74, 6) is 0. The maximum absolute atomic E-state index is 12.3. The predicted molar refractivity (Wildman–Crippen MR) is 48.8 cm³/mol. The number of fused-ring (bicyclic) bond motifs is 1. The van der Waals surface area contributed by atoms with Crippen LogP contribution in [-0.4, -0.2) is 10.2 Å². The van der Waals surface area contributed by atoms with Crippen molar-refractivity contribution < 1.29 is 8.78 Å². The minimum absolute atomic E-state index is 0.00889. The Hall–Kier alpha value is -0.970. The van der Waals surface area contributed by atoms with Crippen LogP contribution in [0.5, 0.6) is 0 Å². The van der Waals surface area contributed by atoms with E-state index >= 15 is 0 Å². The van der Waals surface area contributed by atoms with E-state index in [1.807, 2.05) is 0 Å². The van der Waals surface area contributed by atoms with E-state index < -0.39 is 6.43 Å². The summed E-state index contributed by atoms with van der Waals surface area (Å²) >= 11 is 3.19. The first kappa shape index (κ1) is 8.62. The van der Waals surface area contributed by atoms with Crippen LogP contribution >= 0.6 is 15.9 Å². The quantitative estimate of drug-likeness (QED) is 0.823. The average molecular weight is 247 g/mol. The molecule has 2 rings (SSSR count). The average Bonchev–Trinajstić information content (AvgIpc) is 2.47. The summed E-state index contributed by atoms with van der Waals surface area (Å²) in [6.07, 6.45) is -2.44. The van der Waals surface area contributed by atoms with Gasteiger partial charge in [0.25, 0.3) is 6.43 Å². The molecule has 2 nitrogen and oxygen atoms in total. The van der Waals surface area contributed by atoms with Crippen molar-refractivity contribution in [1.82, 2.24) is 10.2 Å². The van der Waals surface area contributed by atoms with Gasteiger partial charge >= 0.3 is 0 Å². The zero-order chi connectivity index (χ0) is 9.42. The van der Waals surface area contributed by atoms with Crippen molar-refractivity contribution in [1.29, 1.82) is 0 Å². The summed E-state index contributed by atoms with van der Waals surface area (Å²) in [7, 11) is 0. The highest BCUT2D eigenvalue weighted by molar-refractivity contribution is 9.10. The number of aromatic nitrogens is 2. The van der Waals surface area contributed by atoms with Crippen LogP contribution in [0.4, 0.5) is 8.78 Å². The normalized spacial score (nSPS) is 11.4. The summed E-state index contributed by atoms with van der Waals surface area (Å²) in [6.45, 7) is 0. The molecule has 0 aliphatic rings. The number of benzene rings is 1. The lowest BCUT2D eigenvalue weighted by atomic mass is 10.2. The molecule has 0 spiro atoms. The van der Waals surface area contributed by atoms with Gasteiger partial charge in [0.2, 0.25) is 0 Å². The van der Waals surface area contributed by atoms with E-state index in [2.05, 4.69) is 26.1 Å². The number of hydrogen-bond donors (Lipinski definition) is 1. The van der Waals surface area contributed by atoms with Crippen molar-refractivity contribution in [3.05, 3.63) is 28.4 Å². The van der Waals surface area contributed by atoms with Gasteiger partial charge in [0.1, 0.15) is 4.60 Å². The van der Waals surface area contributed by atoms with Crippen LogP contribution in [0.1, 0.15) is 12.0 Å². The molecule has 1 heterocycles. The van der Waals surface area contributed by atoms with Gasteiger partial charge in [0.15, 0.2) is 0 Å². The van der Waals surface area contributed by atoms with Crippen LogP contribution in [0.15, 0.2) is 22.8 Å². The molecule has 5 heteroatoms. The van der Waals surface area contributed by atoms with Crippen LogP contribution in [0.3, 0.4) is 0 Å². The smallest absolute Gasteiger partial charge is 0.263 e. The third-order valence-electron chi connectivity index (χ3n) is 1.78. The Kier molecular flexibility index (Phi) is 2.03. The summed E-state index contributed by atoms with van der Waals surface area (Å²) < 4.78 is 25.2. The van der Waals surface area contributed by atoms with Crippen molar-refractivity contribution in [2.75, 3.05) is 0 Å². The molecule has 0 saturated carbocycles. The molecule has 0 fully saturated rings. The Morgan fingerprint density at radius 3 is 2.85 bits per heavy atom. The molecule has 0 atom stereocenters. The first-order chi connectivity index (χ1) is 6.18. The number of rotatable bonds is 1. The zero-order valence-electron chi connectivity index (χ0n) is 6.39. The van der Waals surface area contributed by atoms with E-state index in [4.69, 9.17) is 0 Å². The fraction of sp³-hybridized carbons (Fsp3) is 0.125. The van der Waals surface area contributed by atoms with Crippen LogP contribution in [0.2, 0.25) is 0 Å². The van der Waals surface area contributed by atoms with Gasteiger partial charge in [-0.1, -0.05) is 6.07 Å². The summed E-state index contributed by atoms with van der Waals surface area (Å²) in [6, 6.07) is 4.37. The minimum Gasteiger partial charge on any atom is -0.270 e. The second-order valence-corrected chi connectivity index (χ2v) is 3.41. The fourth-order valence-corrected chi connectivity index (χ4v) is 1.54. The highest BCUT2D eigenvalue weighted by Gasteiger charge is 2.09. The molecule has 1 N–H and O–H groups in total. The van der Waals surface area contributed by atoms with Gasteiger partial charge in [-0.2, -0.15) is 5.10 Å². The number of nitrogens with one attached hydrogen (secondary N) is 1. The molecular weight excluding hydrogens is 242 g/mol. The van der Waals surface area contributed by atoms with E-state index in [0.29, 0.717) is 15.5 Å². The van der Waals surface area contributed by atoms with Crippen LogP contribution < -0.4 is 0 Å². The van der Waals surface area contributed by atoms with Crippen molar-refractivity contribution in [3.8, 4) is 0 Å². The maximum Gasteiger partial charge on any atom is 0.263 e. The largest absolute Gasteiger partial charge is 0.270 e. The standard InChI is InChI=1S/C8H5BrF2N2/c9-7-5-3-4(8(10)11)1-2-6(5)12-13-7/h1-3,8H,(H,12,13). The number of halogens is 3. The third kappa shape index (κ3) is 1.44. The van der Waals surface area contributed by atoms with Gasteiger partial charge in [-0.25, -0.2) is 8.78 Å². The number of hydrogen-bond acceptors (Lipinski definition) is 1. The van der Waals surface area contributed by atoms with E-state index in [9.17, 15) is 8.78 Å². The lowest BCUT2D eigenvalue weighted by molar-refractivity contribution is 0.151. The van der Waals surface area contributed by atoms with Crippen molar-refractivity contribution in [2.24, 2.45) is 0 Å². The zero-order valence-corrected chi connectivity index (χ0v) is 7.98. The van der Waals surface area contributed by atoms with Gasteiger partial charge in [0.05, 0.1) is 5.52 Å². The molecule has 1 aromatic heterocycles. The lowest BCUT2D eigenvalue weighted by Crippen LogP contribution is -1.82. The van der Waals surface area contributed by atoms with E-state index in [1.54, 1.807) is 6.07 Å².